The SMILES string of the molecule is CCn1cc(C(=O)/C=C/c2ccc(OC)c(Cn3nc(C(F)F)cc3C(F)F)c2)c(C)n1. The molecule has 0 fully saturated rings. The van der Waals surface area contributed by atoms with Crippen molar-refractivity contribution >= 4 is 11.9 Å². The number of hydrogen-bond donors (Lipinski definition) is 0. The molecule has 3 rings (SSSR count). The van der Waals surface area contributed by atoms with Crippen molar-refractivity contribution in [3.05, 3.63) is 70.3 Å². The Kier molecular flexibility index (Phi) is 7.12. The molecule has 3 aromatic rings. The molecule has 0 saturated carbocycles. The van der Waals surface area contributed by atoms with Crippen molar-refractivity contribution in [3.63, 3.8) is 0 Å². The molecular formula is C22H22F4N4O2. The zero-order chi connectivity index (χ0) is 23.4. The number of carbonyl (C=O) groups excluding carboxylic acids is 1. The summed E-state index contributed by atoms with van der Waals surface area (Å²) in [6.07, 6.45) is -1.28. The number of methoxy groups -OCH3 is 1. The topological polar surface area (TPSA) is 61.9 Å². The molecule has 2 heterocycles. The number of allylic oxidation sites excluding steroid dienone is 1. The van der Waals surface area contributed by atoms with Gasteiger partial charge in [0.1, 0.15) is 17.1 Å². The van der Waals surface area contributed by atoms with Crippen molar-refractivity contribution in [3.8, 4) is 5.75 Å². The monoisotopic (exact) mass is 450 g/mol. The minimum atomic E-state index is -2.96. The molecule has 0 spiro atoms. The average molecular weight is 450 g/mol. The lowest BCUT2D eigenvalue weighted by molar-refractivity contribution is 0.104. The predicted molar refractivity (Wildman–Crippen MR) is 110 cm³/mol. The van der Waals surface area contributed by atoms with Crippen molar-refractivity contribution in [2.75, 3.05) is 7.11 Å². The number of ketones is 1. The Hall–Kier alpha value is -3.43. The molecule has 10 heteroatoms. The van der Waals surface area contributed by atoms with Crippen LogP contribution in [0.1, 0.15) is 58.3 Å². The number of rotatable bonds is 9. The lowest BCUT2D eigenvalue weighted by atomic mass is 10.1. The Balaban J connectivity index is 1.88. The van der Waals surface area contributed by atoms with Gasteiger partial charge < -0.3 is 4.74 Å². The van der Waals surface area contributed by atoms with Crippen molar-refractivity contribution in [1.82, 2.24) is 19.6 Å². The maximum absolute atomic E-state index is 13.3. The number of alkyl halides is 4. The van der Waals surface area contributed by atoms with E-state index in [0.717, 1.165) is 4.68 Å². The van der Waals surface area contributed by atoms with E-state index in [4.69, 9.17) is 4.74 Å². The molecule has 0 aliphatic rings. The quantitative estimate of drug-likeness (QED) is 0.254. The summed E-state index contributed by atoms with van der Waals surface area (Å²) in [5.41, 5.74) is 0.822. The van der Waals surface area contributed by atoms with Gasteiger partial charge in [0.25, 0.3) is 12.9 Å². The lowest BCUT2D eigenvalue weighted by Crippen LogP contribution is -2.08. The zero-order valence-corrected chi connectivity index (χ0v) is 17.7. The van der Waals surface area contributed by atoms with Crippen LogP contribution >= 0.6 is 0 Å². The van der Waals surface area contributed by atoms with Gasteiger partial charge >= 0.3 is 0 Å². The normalized spacial score (nSPS) is 11.8. The van der Waals surface area contributed by atoms with Gasteiger partial charge in [0.05, 0.1) is 24.9 Å². The molecular weight excluding hydrogens is 428 g/mol. The molecule has 32 heavy (non-hydrogen) atoms. The van der Waals surface area contributed by atoms with E-state index in [9.17, 15) is 22.4 Å². The minimum Gasteiger partial charge on any atom is -0.496 e. The van der Waals surface area contributed by atoms with E-state index < -0.39 is 24.2 Å². The highest BCUT2D eigenvalue weighted by Crippen LogP contribution is 2.28. The Labute approximate surface area is 182 Å². The molecule has 0 N–H and O–H groups in total. The number of nitrogens with zero attached hydrogens (tertiary/aromatic N) is 4. The van der Waals surface area contributed by atoms with E-state index in [1.807, 2.05) is 6.92 Å². The van der Waals surface area contributed by atoms with E-state index in [1.165, 1.54) is 13.2 Å². The molecule has 0 atom stereocenters. The fourth-order valence-corrected chi connectivity index (χ4v) is 3.23. The largest absolute Gasteiger partial charge is 0.496 e. The highest BCUT2D eigenvalue weighted by Gasteiger charge is 2.22. The minimum absolute atomic E-state index is 0.201. The molecule has 0 bridgehead atoms. The van der Waals surface area contributed by atoms with Gasteiger partial charge in [-0.05, 0) is 43.7 Å². The third kappa shape index (κ3) is 5.06. The highest BCUT2D eigenvalue weighted by atomic mass is 19.3. The summed E-state index contributed by atoms with van der Waals surface area (Å²) in [6, 6.07) is 5.63. The fraction of sp³-hybridized carbons (Fsp3) is 0.318. The van der Waals surface area contributed by atoms with Gasteiger partial charge in [-0.15, -0.1) is 0 Å². The van der Waals surface area contributed by atoms with Crippen LogP contribution in [0.3, 0.4) is 0 Å². The Morgan fingerprint density at radius 3 is 2.50 bits per heavy atom. The molecule has 6 nitrogen and oxygen atoms in total. The van der Waals surface area contributed by atoms with Crippen molar-refractivity contribution < 1.29 is 27.1 Å². The van der Waals surface area contributed by atoms with E-state index in [0.29, 0.717) is 40.7 Å². The van der Waals surface area contributed by atoms with E-state index in [2.05, 4.69) is 10.2 Å². The van der Waals surface area contributed by atoms with Gasteiger partial charge in [-0.1, -0.05) is 12.1 Å². The number of hydrogen-bond acceptors (Lipinski definition) is 4. The van der Waals surface area contributed by atoms with Gasteiger partial charge in [0.2, 0.25) is 0 Å². The molecule has 0 aliphatic heterocycles. The first-order chi connectivity index (χ1) is 15.2. The molecule has 0 saturated heterocycles. The summed E-state index contributed by atoms with van der Waals surface area (Å²) in [5.74, 6) is 0.149. The van der Waals surface area contributed by atoms with E-state index in [-0.39, 0.29) is 12.3 Å². The number of ether oxygens (including phenoxy) is 1. The second-order valence-corrected chi connectivity index (χ2v) is 7.01. The molecule has 170 valence electrons. The standard InChI is InChI=1S/C22H22F4N4O2/c1-4-29-12-16(13(2)27-29)19(31)7-5-14-6-8-20(32-3)15(9-14)11-30-18(22(25)26)10-17(28-30)21(23)24/h5-10,12,21-22H,4,11H2,1-3H3/b7-5+. The summed E-state index contributed by atoms with van der Waals surface area (Å²) < 4.78 is 60.3. The third-order valence-electron chi connectivity index (χ3n) is 4.86. The number of benzene rings is 1. The van der Waals surface area contributed by atoms with Crippen LogP contribution in [0.5, 0.6) is 5.75 Å². The number of carbonyl (C=O) groups is 1. The van der Waals surface area contributed by atoms with Gasteiger partial charge in [-0.3, -0.25) is 14.2 Å². The number of aryl methyl sites for hydroxylation is 2. The fourth-order valence-electron chi connectivity index (χ4n) is 3.23. The number of halogens is 4. The van der Waals surface area contributed by atoms with Crippen molar-refractivity contribution in [2.24, 2.45) is 0 Å². The first kappa shape index (κ1) is 23.2. The predicted octanol–water partition coefficient (Wildman–Crippen LogP) is 5.24. The summed E-state index contributed by atoms with van der Waals surface area (Å²) >= 11 is 0. The smallest absolute Gasteiger partial charge is 0.282 e. The Bertz CT molecular complexity index is 1140. The molecule has 1 aromatic carbocycles. The van der Waals surface area contributed by atoms with Crippen LogP contribution in [0.4, 0.5) is 17.6 Å². The molecule has 2 aromatic heterocycles. The van der Waals surface area contributed by atoms with Gasteiger partial charge in [0.15, 0.2) is 5.78 Å². The van der Waals surface area contributed by atoms with E-state index >= 15 is 0 Å². The van der Waals surface area contributed by atoms with Crippen molar-refractivity contribution in [1.29, 1.82) is 0 Å². The van der Waals surface area contributed by atoms with Crippen LogP contribution < -0.4 is 4.74 Å². The van der Waals surface area contributed by atoms with Crippen LogP contribution in [0.25, 0.3) is 6.08 Å². The second-order valence-electron chi connectivity index (χ2n) is 7.01. The van der Waals surface area contributed by atoms with Gasteiger partial charge in [-0.2, -0.15) is 10.2 Å². The maximum Gasteiger partial charge on any atom is 0.282 e. The summed E-state index contributed by atoms with van der Waals surface area (Å²) in [5, 5.41) is 7.86. The van der Waals surface area contributed by atoms with Crippen LogP contribution in [0.2, 0.25) is 0 Å². The average Bonchev–Trinajstić information content (AvgIpc) is 3.36. The zero-order valence-electron chi connectivity index (χ0n) is 17.7. The maximum atomic E-state index is 13.3. The summed E-state index contributed by atoms with van der Waals surface area (Å²) in [6.45, 7) is 4.10. The van der Waals surface area contributed by atoms with Crippen LogP contribution in [0.15, 0.2) is 36.5 Å². The second kappa shape index (κ2) is 9.80. The molecule has 0 aliphatic carbocycles. The Morgan fingerprint density at radius 2 is 1.91 bits per heavy atom. The van der Waals surface area contributed by atoms with Crippen LogP contribution in [-0.2, 0) is 13.1 Å². The van der Waals surface area contributed by atoms with Crippen molar-refractivity contribution in [2.45, 2.75) is 39.8 Å². The summed E-state index contributed by atoms with van der Waals surface area (Å²) in [4.78, 5) is 12.5. The first-order valence-corrected chi connectivity index (χ1v) is 9.80. The van der Waals surface area contributed by atoms with Crippen LogP contribution in [-0.4, -0.2) is 32.5 Å². The summed E-state index contributed by atoms with van der Waals surface area (Å²) in [7, 11) is 1.41. The van der Waals surface area contributed by atoms with E-state index in [1.54, 1.807) is 42.1 Å². The molecule has 0 radical (unpaired) electrons. The highest BCUT2D eigenvalue weighted by molar-refractivity contribution is 6.07. The van der Waals surface area contributed by atoms with Gasteiger partial charge in [0, 0.05) is 18.3 Å². The first-order valence-electron chi connectivity index (χ1n) is 9.80. The Morgan fingerprint density at radius 1 is 1.16 bits per heavy atom. The molecule has 0 amide bonds. The number of aromatic nitrogens is 4. The van der Waals surface area contributed by atoms with Gasteiger partial charge in [-0.25, -0.2) is 17.6 Å². The lowest BCUT2D eigenvalue weighted by Gasteiger charge is -2.12. The molecule has 0 unspecified atom stereocenters. The van der Waals surface area contributed by atoms with Crippen LogP contribution in [0, 0.1) is 6.92 Å². The third-order valence-corrected chi connectivity index (χ3v) is 4.86.